The molecular weight excluding hydrogens is 156 g/mol. The molecule has 0 heteroatoms. The topological polar surface area (TPSA) is 0 Å². The van der Waals surface area contributed by atoms with Gasteiger partial charge < -0.3 is 0 Å². The van der Waals surface area contributed by atoms with E-state index in [1.165, 1.54) is 25.7 Å². The monoisotopic (exact) mass is 173 g/mol. The van der Waals surface area contributed by atoms with Gasteiger partial charge >= 0.3 is 0 Å². The van der Waals surface area contributed by atoms with Crippen molar-refractivity contribution in [3.63, 3.8) is 0 Å². The van der Waals surface area contributed by atoms with Crippen LogP contribution in [0.2, 0.25) is 0 Å². The molecule has 0 saturated heterocycles. The molecule has 1 aliphatic carbocycles. The van der Waals surface area contributed by atoms with Gasteiger partial charge in [-0.05, 0) is 31.8 Å². The molecule has 1 radical (unpaired) electrons. The second kappa shape index (κ2) is 7.60. The number of hydrogen-bond donors (Lipinski definition) is 0. The molecule has 0 spiro atoms. The van der Waals surface area contributed by atoms with Gasteiger partial charge in [0.25, 0.3) is 0 Å². The van der Waals surface area contributed by atoms with Crippen molar-refractivity contribution in [3.8, 4) is 0 Å². The van der Waals surface area contributed by atoms with E-state index < -0.39 is 0 Å². The Kier molecular flexibility index (Phi) is 5.87. The summed E-state index contributed by atoms with van der Waals surface area (Å²) in [7, 11) is 0. The zero-order valence-electron chi connectivity index (χ0n) is 8.08. The molecule has 0 atom stereocenters. The molecule has 13 heavy (non-hydrogen) atoms. The molecule has 69 valence electrons. The van der Waals surface area contributed by atoms with E-state index in [1.807, 2.05) is 18.2 Å². The Balaban J connectivity index is 2.39. The van der Waals surface area contributed by atoms with Crippen molar-refractivity contribution in [2.24, 2.45) is 0 Å². The van der Waals surface area contributed by atoms with E-state index in [-0.39, 0.29) is 0 Å². The van der Waals surface area contributed by atoms with Crippen molar-refractivity contribution < 1.29 is 0 Å². The highest BCUT2D eigenvalue weighted by atomic mass is 13.9. The Morgan fingerprint density at radius 1 is 0.769 bits per heavy atom. The summed E-state index contributed by atoms with van der Waals surface area (Å²) in [5.41, 5.74) is 0. The van der Waals surface area contributed by atoms with E-state index in [1.54, 1.807) is 0 Å². The average Bonchev–Trinajstić information content (AvgIpc) is 2.18. The molecule has 0 aliphatic heterocycles. The lowest BCUT2D eigenvalue weighted by Crippen LogP contribution is -1.74. The zero-order valence-corrected chi connectivity index (χ0v) is 8.08. The van der Waals surface area contributed by atoms with Gasteiger partial charge in [0.15, 0.2) is 0 Å². The van der Waals surface area contributed by atoms with Gasteiger partial charge in [0.1, 0.15) is 0 Å². The fourth-order valence-electron chi connectivity index (χ4n) is 1.25. The zero-order chi connectivity index (χ0) is 9.19. The van der Waals surface area contributed by atoms with Crippen LogP contribution < -0.4 is 0 Å². The van der Waals surface area contributed by atoms with Gasteiger partial charge in [-0.1, -0.05) is 49.0 Å². The van der Waals surface area contributed by atoms with Crippen LogP contribution in [0.3, 0.4) is 0 Å². The predicted octanol–water partition coefficient (Wildman–Crippen LogP) is 3.98. The Morgan fingerprint density at radius 3 is 2.62 bits per heavy atom. The third kappa shape index (κ3) is 6.15. The first kappa shape index (κ1) is 10.0. The van der Waals surface area contributed by atoms with E-state index >= 15 is 0 Å². The summed E-state index contributed by atoms with van der Waals surface area (Å²) in [6, 6.07) is 0. The van der Waals surface area contributed by atoms with Crippen LogP contribution in [0.25, 0.3) is 0 Å². The van der Waals surface area contributed by atoms with Crippen molar-refractivity contribution in [2.45, 2.75) is 32.1 Å². The quantitative estimate of drug-likeness (QED) is 0.520. The maximum absolute atomic E-state index is 3.14. The maximum atomic E-state index is 3.14. The lowest BCUT2D eigenvalue weighted by Gasteiger charge is -1.93. The summed E-state index contributed by atoms with van der Waals surface area (Å²) in [5, 5.41) is 0. The van der Waals surface area contributed by atoms with Crippen LogP contribution in [0, 0.1) is 6.08 Å². The molecule has 0 bridgehead atoms. The fraction of sp³-hybridized carbons (Fsp3) is 0.385. The van der Waals surface area contributed by atoms with E-state index in [4.69, 9.17) is 0 Å². The lowest BCUT2D eigenvalue weighted by molar-refractivity contribution is 0.696. The van der Waals surface area contributed by atoms with E-state index in [9.17, 15) is 0 Å². The first-order valence-corrected chi connectivity index (χ1v) is 5.06. The fourth-order valence-corrected chi connectivity index (χ4v) is 1.25. The lowest BCUT2D eigenvalue weighted by atomic mass is 10.1. The molecule has 0 aromatic carbocycles. The molecule has 0 aromatic rings. The Morgan fingerprint density at radius 2 is 1.62 bits per heavy atom. The van der Waals surface area contributed by atoms with Gasteiger partial charge in [0.2, 0.25) is 0 Å². The number of hydrogen-bond acceptors (Lipinski definition) is 0. The number of allylic oxidation sites excluding steroid dienone is 8. The van der Waals surface area contributed by atoms with Crippen LogP contribution in [0.15, 0.2) is 42.5 Å². The maximum Gasteiger partial charge on any atom is -0.0227 e. The Labute approximate surface area is 81.4 Å². The minimum atomic E-state index is 1.16. The summed E-state index contributed by atoms with van der Waals surface area (Å²) in [6.07, 6.45) is 24.0. The van der Waals surface area contributed by atoms with Crippen molar-refractivity contribution in [1.29, 1.82) is 0 Å². The summed E-state index contributed by atoms with van der Waals surface area (Å²) >= 11 is 0. The molecule has 1 aliphatic rings. The van der Waals surface area contributed by atoms with Gasteiger partial charge in [-0.3, -0.25) is 0 Å². The standard InChI is InChI=1S/C13H17/c1-2-4-6-8-10-12-13-11-9-7-5-3-1/h1-6,10H,7,9,11-13H2/b2-1+,5-3+,6-4+,10-8?. The minimum absolute atomic E-state index is 1.16. The Bertz CT molecular complexity index is 192. The highest BCUT2D eigenvalue weighted by molar-refractivity contribution is 5.13. The van der Waals surface area contributed by atoms with Crippen molar-refractivity contribution in [2.75, 3.05) is 0 Å². The van der Waals surface area contributed by atoms with E-state index in [0.717, 1.165) is 6.42 Å². The van der Waals surface area contributed by atoms with Crippen molar-refractivity contribution >= 4 is 0 Å². The molecular formula is C13H17. The van der Waals surface area contributed by atoms with Gasteiger partial charge in [-0.2, -0.15) is 0 Å². The number of rotatable bonds is 0. The van der Waals surface area contributed by atoms with Gasteiger partial charge in [-0.15, -0.1) is 0 Å². The molecule has 0 saturated carbocycles. The van der Waals surface area contributed by atoms with Crippen LogP contribution in [-0.2, 0) is 0 Å². The van der Waals surface area contributed by atoms with Crippen LogP contribution in [-0.4, -0.2) is 0 Å². The second-order valence-electron chi connectivity index (χ2n) is 3.18. The van der Waals surface area contributed by atoms with E-state index in [2.05, 4.69) is 30.4 Å². The van der Waals surface area contributed by atoms with Crippen molar-refractivity contribution in [3.05, 3.63) is 48.6 Å². The molecule has 0 unspecified atom stereocenters. The normalized spacial score (nSPS) is 28.9. The van der Waals surface area contributed by atoms with E-state index in [0.29, 0.717) is 0 Å². The van der Waals surface area contributed by atoms with Gasteiger partial charge in [-0.25, -0.2) is 0 Å². The average molecular weight is 173 g/mol. The molecule has 0 heterocycles. The highest BCUT2D eigenvalue weighted by Gasteiger charge is 1.85. The third-order valence-corrected chi connectivity index (χ3v) is 2.00. The molecule has 1 rings (SSSR count). The molecule has 0 amide bonds. The van der Waals surface area contributed by atoms with Crippen LogP contribution in [0.5, 0.6) is 0 Å². The highest BCUT2D eigenvalue weighted by Crippen LogP contribution is 2.04. The molecule has 0 nitrogen and oxygen atoms in total. The minimum Gasteiger partial charge on any atom is -0.0845 e. The molecule has 0 N–H and O–H groups in total. The summed E-state index contributed by atoms with van der Waals surface area (Å²) in [6.45, 7) is 0. The Hall–Kier alpha value is -1.04. The van der Waals surface area contributed by atoms with Crippen LogP contribution in [0.4, 0.5) is 0 Å². The largest absolute Gasteiger partial charge is 0.0845 e. The predicted molar refractivity (Wildman–Crippen MR) is 58.3 cm³/mol. The molecule has 0 fully saturated rings. The second-order valence-corrected chi connectivity index (χ2v) is 3.18. The molecule has 0 aromatic heterocycles. The van der Waals surface area contributed by atoms with Gasteiger partial charge in [0, 0.05) is 0 Å². The first-order chi connectivity index (χ1) is 6.50. The SMILES string of the molecule is [C]1=C/CCCCC/C=C/C=C/C=C/1. The summed E-state index contributed by atoms with van der Waals surface area (Å²) in [4.78, 5) is 0. The van der Waals surface area contributed by atoms with Crippen molar-refractivity contribution in [1.82, 2.24) is 0 Å². The summed E-state index contributed by atoms with van der Waals surface area (Å²) in [5.74, 6) is 0. The van der Waals surface area contributed by atoms with Crippen LogP contribution >= 0.6 is 0 Å². The summed E-state index contributed by atoms with van der Waals surface area (Å²) < 4.78 is 0. The third-order valence-electron chi connectivity index (χ3n) is 2.00. The smallest absolute Gasteiger partial charge is 0.0227 e. The van der Waals surface area contributed by atoms with Crippen LogP contribution in [0.1, 0.15) is 32.1 Å². The van der Waals surface area contributed by atoms with Gasteiger partial charge in [0.05, 0.1) is 0 Å². The first-order valence-electron chi connectivity index (χ1n) is 5.06.